The molecule has 0 aromatic heterocycles. The molecule has 1 N–H and O–H groups in total. The highest BCUT2D eigenvalue weighted by atomic mass is 32.2. The van der Waals surface area contributed by atoms with Crippen molar-refractivity contribution in [3.05, 3.63) is 65.2 Å². The van der Waals surface area contributed by atoms with Crippen molar-refractivity contribution in [3.63, 3.8) is 0 Å². The Morgan fingerprint density at radius 1 is 1.25 bits per heavy atom. The van der Waals surface area contributed by atoms with Gasteiger partial charge in [-0.3, -0.25) is 0 Å². The van der Waals surface area contributed by atoms with Gasteiger partial charge in [0.1, 0.15) is 5.83 Å². The summed E-state index contributed by atoms with van der Waals surface area (Å²) in [7, 11) is 1.21. The molecule has 0 saturated heterocycles. The maximum Gasteiger partial charge on any atom is 0.416 e. The molecule has 0 atom stereocenters. The lowest BCUT2D eigenvalue weighted by molar-refractivity contribution is -0.138. The third-order valence-electron chi connectivity index (χ3n) is 3.11. The first-order valence-electron chi connectivity index (χ1n) is 6.75. The highest BCUT2D eigenvalue weighted by molar-refractivity contribution is 7.97. The number of allylic oxidation sites excluding steroid dienone is 4. The van der Waals surface area contributed by atoms with E-state index in [-0.39, 0.29) is 17.7 Å². The van der Waals surface area contributed by atoms with Crippen LogP contribution in [0.4, 0.5) is 17.6 Å². The van der Waals surface area contributed by atoms with Gasteiger partial charge in [-0.2, -0.15) is 13.2 Å². The topological polar surface area (TPSA) is 38.3 Å². The van der Waals surface area contributed by atoms with E-state index in [0.717, 1.165) is 24.1 Å². The van der Waals surface area contributed by atoms with Crippen molar-refractivity contribution < 1.29 is 27.1 Å². The molecule has 24 heavy (non-hydrogen) atoms. The van der Waals surface area contributed by atoms with Gasteiger partial charge >= 0.3 is 12.1 Å². The first-order chi connectivity index (χ1) is 11.3. The number of benzene rings is 1. The lowest BCUT2D eigenvalue weighted by atomic mass is 10.1. The van der Waals surface area contributed by atoms with Crippen LogP contribution in [0.15, 0.2) is 64.5 Å². The number of rotatable bonds is 4. The number of nitrogens with one attached hydrogen (secondary N) is 1. The lowest BCUT2D eigenvalue weighted by Gasteiger charge is -2.10. The highest BCUT2D eigenvalue weighted by Crippen LogP contribution is 2.31. The summed E-state index contributed by atoms with van der Waals surface area (Å²) in [6.07, 6.45) is -0.249. The van der Waals surface area contributed by atoms with Crippen molar-refractivity contribution in [2.45, 2.75) is 17.5 Å². The average Bonchev–Trinajstić information content (AvgIpc) is 2.73. The quantitative estimate of drug-likeness (QED) is 0.487. The fourth-order valence-electron chi connectivity index (χ4n) is 1.86. The van der Waals surface area contributed by atoms with E-state index in [1.54, 1.807) is 0 Å². The second-order valence-corrected chi connectivity index (χ2v) is 5.64. The number of carbonyl (C=O) groups is 1. The third-order valence-corrected chi connectivity index (χ3v) is 3.94. The van der Waals surface area contributed by atoms with Gasteiger partial charge in [-0.15, -0.1) is 0 Å². The highest BCUT2D eigenvalue weighted by Gasteiger charge is 2.29. The van der Waals surface area contributed by atoms with Gasteiger partial charge in [0.05, 0.1) is 18.4 Å². The number of methoxy groups -OCH3 is 1. The second-order valence-electron chi connectivity index (χ2n) is 4.76. The van der Waals surface area contributed by atoms with E-state index in [9.17, 15) is 22.4 Å². The Morgan fingerprint density at radius 2 is 1.92 bits per heavy atom. The molecule has 0 amide bonds. The summed E-state index contributed by atoms with van der Waals surface area (Å²) in [5.74, 6) is -1.19. The van der Waals surface area contributed by atoms with Crippen molar-refractivity contribution in [1.29, 1.82) is 0 Å². The predicted octanol–water partition coefficient (Wildman–Crippen LogP) is 4.54. The molecular weight excluding hydrogens is 346 g/mol. The van der Waals surface area contributed by atoms with Crippen LogP contribution in [-0.4, -0.2) is 13.1 Å². The van der Waals surface area contributed by atoms with E-state index >= 15 is 0 Å². The molecule has 128 valence electrons. The van der Waals surface area contributed by atoms with E-state index in [1.807, 2.05) is 0 Å². The number of halogens is 4. The van der Waals surface area contributed by atoms with Crippen molar-refractivity contribution in [2.75, 3.05) is 7.11 Å². The average molecular weight is 359 g/mol. The van der Waals surface area contributed by atoms with Gasteiger partial charge in [0.25, 0.3) is 0 Å². The van der Waals surface area contributed by atoms with E-state index in [1.165, 1.54) is 37.5 Å². The van der Waals surface area contributed by atoms with Gasteiger partial charge in [0.15, 0.2) is 0 Å². The third kappa shape index (κ3) is 4.64. The zero-order chi connectivity index (χ0) is 17.7. The van der Waals surface area contributed by atoms with Gasteiger partial charge in [0, 0.05) is 16.9 Å². The van der Waals surface area contributed by atoms with Crippen LogP contribution in [0.25, 0.3) is 0 Å². The van der Waals surface area contributed by atoms with Gasteiger partial charge < -0.3 is 9.46 Å². The monoisotopic (exact) mass is 359 g/mol. The van der Waals surface area contributed by atoms with Gasteiger partial charge in [0.2, 0.25) is 0 Å². The summed E-state index contributed by atoms with van der Waals surface area (Å²) >= 11 is 0.969. The summed E-state index contributed by atoms with van der Waals surface area (Å²) in [4.78, 5) is 11.9. The molecule has 0 unspecified atom stereocenters. The van der Waals surface area contributed by atoms with Crippen LogP contribution in [0.1, 0.15) is 12.0 Å². The standard InChI is InChI=1S/C16H13F4NO2S/c1-23-15(22)10-3-2-4-14(13(17)9-10)21-24-12-7-5-11(6-8-12)16(18,19)20/h2-8,21H,9H2,1H3. The van der Waals surface area contributed by atoms with Crippen LogP contribution in [0.2, 0.25) is 0 Å². The molecule has 1 aromatic carbocycles. The smallest absolute Gasteiger partial charge is 0.416 e. The molecule has 0 bridgehead atoms. The Labute approximate surface area is 140 Å². The molecule has 1 aromatic rings. The molecule has 2 rings (SSSR count). The van der Waals surface area contributed by atoms with Crippen LogP contribution in [-0.2, 0) is 15.7 Å². The van der Waals surface area contributed by atoms with Crippen LogP contribution in [0.5, 0.6) is 0 Å². The minimum Gasteiger partial charge on any atom is -0.466 e. The lowest BCUT2D eigenvalue weighted by Crippen LogP contribution is -2.07. The molecule has 0 radical (unpaired) electrons. The Kier molecular flexibility index (Phi) is 5.71. The Bertz CT molecular complexity index is 706. The number of alkyl halides is 3. The zero-order valence-electron chi connectivity index (χ0n) is 12.5. The number of hydrogen-bond donors (Lipinski definition) is 1. The summed E-state index contributed by atoms with van der Waals surface area (Å²) < 4.78 is 58.9. The van der Waals surface area contributed by atoms with Crippen molar-refractivity contribution >= 4 is 17.9 Å². The predicted molar refractivity (Wildman–Crippen MR) is 82.4 cm³/mol. The molecule has 0 fully saturated rings. The Morgan fingerprint density at radius 3 is 2.50 bits per heavy atom. The van der Waals surface area contributed by atoms with E-state index in [4.69, 9.17) is 0 Å². The summed E-state index contributed by atoms with van der Waals surface area (Å²) in [5.41, 5.74) is -0.448. The Balaban J connectivity index is 2.03. The maximum atomic E-state index is 14.1. The van der Waals surface area contributed by atoms with Crippen molar-refractivity contribution in [1.82, 2.24) is 4.72 Å². The SMILES string of the molecule is COC(=O)C1=CC=CC(NSc2ccc(C(F)(F)F)cc2)=C(F)C1. The molecule has 0 saturated carbocycles. The first-order valence-corrected chi connectivity index (χ1v) is 7.57. The minimum absolute atomic E-state index is 0.134. The maximum absolute atomic E-state index is 14.1. The minimum atomic E-state index is -4.40. The van der Waals surface area contributed by atoms with E-state index < -0.39 is 23.5 Å². The molecule has 3 nitrogen and oxygen atoms in total. The number of hydrogen-bond acceptors (Lipinski definition) is 4. The van der Waals surface area contributed by atoms with Crippen molar-refractivity contribution in [2.24, 2.45) is 0 Å². The van der Waals surface area contributed by atoms with Gasteiger partial charge in [-0.1, -0.05) is 12.2 Å². The summed E-state index contributed by atoms with van der Waals surface area (Å²) in [5, 5.41) is 0. The summed E-state index contributed by atoms with van der Waals surface area (Å²) in [6, 6.07) is 4.48. The fourth-order valence-corrected chi connectivity index (χ4v) is 2.54. The molecule has 8 heteroatoms. The number of esters is 1. The van der Waals surface area contributed by atoms with Gasteiger partial charge in [-0.25, -0.2) is 9.18 Å². The fraction of sp³-hybridized carbons (Fsp3) is 0.188. The first kappa shape index (κ1) is 18.1. The van der Waals surface area contributed by atoms with Crippen molar-refractivity contribution in [3.8, 4) is 0 Å². The normalized spacial score (nSPS) is 15.0. The molecule has 0 spiro atoms. The van der Waals surface area contributed by atoms with Crippen LogP contribution < -0.4 is 4.72 Å². The van der Waals surface area contributed by atoms with Crippen LogP contribution >= 0.6 is 11.9 Å². The van der Waals surface area contributed by atoms with Crippen LogP contribution in [0.3, 0.4) is 0 Å². The molecular formula is C16H13F4NO2S. The second kappa shape index (κ2) is 7.57. The largest absolute Gasteiger partial charge is 0.466 e. The van der Waals surface area contributed by atoms with E-state index in [2.05, 4.69) is 9.46 Å². The molecule has 0 aliphatic heterocycles. The molecule has 0 heterocycles. The Hall–Kier alpha value is -2.22. The molecule has 1 aliphatic carbocycles. The number of ether oxygens (including phenoxy) is 1. The molecule has 1 aliphatic rings. The van der Waals surface area contributed by atoms with Gasteiger partial charge in [-0.05, 0) is 42.3 Å². The summed E-state index contributed by atoms with van der Waals surface area (Å²) in [6.45, 7) is 0. The van der Waals surface area contributed by atoms with Crippen LogP contribution in [0, 0.1) is 0 Å². The zero-order valence-corrected chi connectivity index (χ0v) is 13.3. The number of carbonyl (C=O) groups excluding carboxylic acids is 1. The van der Waals surface area contributed by atoms with E-state index in [0.29, 0.717) is 4.90 Å².